The van der Waals surface area contributed by atoms with Crippen LogP contribution in [-0.4, -0.2) is 42.9 Å². The van der Waals surface area contributed by atoms with Crippen LogP contribution in [0.1, 0.15) is 30.0 Å². The fourth-order valence-electron chi connectivity index (χ4n) is 2.32. The van der Waals surface area contributed by atoms with Crippen LogP contribution in [0.3, 0.4) is 0 Å². The molecule has 3 rings (SSSR count). The van der Waals surface area contributed by atoms with Gasteiger partial charge >= 0.3 is 0 Å². The lowest BCUT2D eigenvalue weighted by Crippen LogP contribution is -2.34. The summed E-state index contributed by atoms with van der Waals surface area (Å²) >= 11 is 0. The van der Waals surface area contributed by atoms with Crippen molar-refractivity contribution in [2.45, 2.75) is 18.8 Å². The maximum atomic E-state index is 13.8. The number of hydrogen-bond acceptors (Lipinski definition) is 8. The second-order valence-electron chi connectivity index (χ2n) is 5.76. The van der Waals surface area contributed by atoms with Gasteiger partial charge in [-0.3, -0.25) is 10.7 Å². The number of amidine groups is 1. The highest BCUT2D eigenvalue weighted by Gasteiger charge is 2.27. The van der Waals surface area contributed by atoms with Gasteiger partial charge in [0.25, 0.3) is 16.1 Å². The number of benzene rings is 1. The van der Waals surface area contributed by atoms with Crippen molar-refractivity contribution in [2.75, 3.05) is 13.2 Å². The SMILES string of the molecule is NS(=O)(=O)NCCOc1nonc1C(=Nc1ccc(F)c(C2CC2)c1)NO. The third kappa shape index (κ3) is 5.19. The molecule has 11 nitrogen and oxygen atoms in total. The Kier molecular flexibility index (Phi) is 5.65. The average molecular weight is 400 g/mol. The molecule has 1 heterocycles. The highest BCUT2D eigenvalue weighted by Crippen LogP contribution is 2.42. The van der Waals surface area contributed by atoms with Gasteiger partial charge in [0.05, 0.1) is 5.69 Å². The maximum Gasteiger partial charge on any atom is 0.287 e. The molecule has 13 heteroatoms. The molecule has 1 aromatic carbocycles. The summed E-state index contributed by atoms with van der Waals surface area (Å²) < 4.78 is 47.3. The zero-order valence-corrected chi connectivity index (χ0v) is 14.7. The van der Waals surface area contributed by atoms with Crippen molar-refractivity contribution in [1.29, 1.82) is 0 Å². The average Bonchev–Trinajstić information content (AvgIpc) is 3.35. The van der Waals surface area contributed by atoms with Gasteiger partial charge in [-0.25, -0.2) is 19.2 Å². The van der Waals surface area contributed by atoms with E-state index in [1.807, 2.05) is 10.2 Å². The number of nitrogens with one attached hydrogen (secondary N) is 2. The van der Waals surface area contributed by atoms with Gasteiger partial charge in [-0.05, 0) is 52.8 Å². The molecule has 1 aliphatic carbocycles. The summed E-state index contributed by atoms with van der Waals surface area (Å²) in [5.74, 6) is -0.385. The number of rotatable bonds is 8. The van der Waals surface area contributed by atoms with Gasteiger partial charge in [0, 0.05) is 6.54 Å². The maximum absolute atomic E-state index is 13.8. The molecule has 0 radical (unpaired) electrons. The van der Waals surface area contributed by atoms with E-state index in [1.54, 1.807) is 6.07 Å². The van der Waals surface area contributed by atoms with Crippen molar-refractivity contribution < 1.29 is 27.4 Å². The Morgan fingerprint density at radius 2 is 2.22 bits per heavy atom. The summed E-state index contributed by atoms with van der Waals surface area (Å²) in [6.45, 7) is -0.244. The normalized spacial score (nSPS) is 15.0. The van der Waals surface area contributed by atoms with Crippen LogP contribution in [-0.2, 0) is 10.2 Å². The van der Waals surface area contributed by atoms with Gasteiger partial charge < -0.3 is 4.74 Å². The monoisotopic (exact) mass is 400 g/mol. The smallest absolute Gasteiger partial charge is 0.287 e. The molecule has 1 aliphatic rings. The summed E-state index contributed by atoms with van der Waals surface area (Å²) in [4.78, 5) is 4.17. The van der Waals surface area contributed by atoms with Crippen LogP contribution in [0.5, 0.6) is 5.88 Å². The van der Waals surface area contributed by atoms with Gasteiger partial charge in [-0.1, -0.05) is 0 Å². The largest absolute Gasteiger partial charge is 0.472 e. The van der Waals surface area contributed by atoms with Gasteiger partial charge in [0.15, 0.2) is 5.84 Å². The number of hydrogen-bond donors (Lipinski definition) is 4. The first-order valence-electron chi connectivity index (χ1n) is 7.88. The third-order valence-electron chi connectivity index (χ3n) is 3.67. The molecule has 2 aromatic rings. The first-order chi connectivity index (χ1) is 12.9. The lowest BCUT2D eigenvalue weighted by atomic mass is 10.1. The van der Waals surface area contributed by atoms with Gasteiger partial charge in [-0.2, -0.15) is 13.1 Å². The van der Waals surface area contributed by atoms with Crippen molar-refractivity contribution in [3.63, 3.8) is 0 Å². The number of nitrogens with two attached hydrogens (primary N) is 1. The third-order valence-corrected chi connectivity index (χ3v) is 4.28. The summed E-state index contributed by atoms with van der Waals surface area (Å²) in [6, 6.07) is 4.34. The Balaban J connectivity index is 1.75. The van der Waals surface area contributed by atoms with E-state index in [0.717, 1.165) is 12.8 Å². The van der Waals surface area contributed by atoms with E-state index in [9.17, 15) is 18.0 Å². The number of hydroxylamine groups is 1. The molecular weight excluding hydrogens is 383 g/mol. The van der Waals surface area contributed by atoms with Crippen molar-refractivity contribution in [3.05, 3.63) is 35.3 Å². The molecule has 0 bridgehead atoms. The van der Waals surface area contributed by atoms with Crippen LogP contribution < -0.4 is 20.1 Å². The first kappa shape index (κ1) is 19.2. The molecule has 27 heavy (non-hydrogen) atoms. The number of ether oxygens (including phenoxy) is 1. The first-order valence-corrected chi connectivity index (χ1v) is 9.43. The van der Waals surface area contributed by atoms with Crippen molar-refractivity contribution in [1.82, 2.24) is 20.5 Å². The minimum absolute atomic E-state index is 0.0506. The number of halogens is 1. The number of aromatic nitrogens is 2. The van der Waals surface area contributed by atoms with Crippen molar-refractivity contribution >= 4 is 21.7 Å². The van der Waals surface area contributed by atoms with Gasteiger partial charge in [-0.15, -0.1) is 0 Å². The molecule has 0 atom stereocenters. The second-order valence-corrected chi connectivity index (χ2v) is 7.14. The minimum atomic E-state index is -3.84. The fourth-order valence-corrected chi connectivity index (χ4v) is 2.69. The molecule has 1 fully saturated rings. The zero-order valence-electron chi connectivity index (χ0n) is 13.9. The molecule has 0 aliphatic heterocycles. The van der Waals surface area contributed by atoms with Gasteiger partial charge in [0.1, 0.15) is 12.4 Å². The standard InChI is InChI=1S/C14H17FN6O5S/c15-11-4-3-9(7-10(11)8-1-2-8)18-13(19-22)12-14(21-26-20-12)25-6-5-17-27(16,23)24/h3-4,7-8,17,22H,1-2,5-6H2,(H,18,19)(H2,16,23,24). The summed E-state index contributed by atoms with van der Waals surface area (Å²) in [5.41, 5.74) is 2.77. The van der Waals surface area contributed by atoms with Crippen LogP contribution in [0.2, 0.25) is 0 Å². The molecule has 5 N–H and O–H groups in total. The fraction of sp³-hybridized carbons (Fsp3) is 0.357. The van der Waals surface area contributed by atoms with Crippen LogP contribution in [0, 0.1) is 5.82 Å². The molecule has 0 unspecified atom stereocenters. The number of aliphatic imine (C=N–C) groups is 1. The zero-order chi connectivity index (χ0) is 19.4. The van der Waals surface area contributed by atoms with E-state index in [0.29, 0.717) is 11.3 Å². The highest BCUT2D eigenvalue weighted by molar-refractivity contribution is 7.87. The number of nitrogens with zero attached hydrogens (tertiary/aromatic N) is 3. The minimum Gasteiger partial charge on any atom is -0.472 e. The summed E-state index contributed by atoms with van der Waals surface area (Å²) in [6.07, 6.45) is 1.85. The molecule has 0 saturated heterocycles. The van der Waals surface area contributed by atoms with E-state index in [-0.39, 0.29) is 42.3 Å². The molecule has 1 aromatic heterocycles. The quantitative estimate of drug-likeness (QED) is 0.213. The van der Waals surface area contributed by atoms with Crippen LogP contribution >= 0.6 is 0 Å². The summed E-state index contributed by atoms with van der Waals surface area (Å²) in [7, 11) is -3.84. The van der Waals surface area contributed by atoms with Crippen LogP contribution in [0.4, 0.5) is 10.1 Å². The molecular formula is C14H17FN6O5S. The Hall–Kier alpha value is -2.61. The Morgan fingerprint density at radius 1 is 1.44 bits per heavy atom. The summed E-state index contributed by atoms with van der Waals surface area (Å²) in [5, 5.41) is 21.3. The van der Waals surface area contributed by atoms with E-state index in [4.69, 9.17) is 9.88 Å². The topological polar surface area (TPSA) is 165 Å². The lowest BCUT2D eigenvalue weighted by molar-refractivity contribution is 0.233. The van der Waals surface area contributed by atoms with E-state index >= 15 is 0 Å². The van der Waals surface area contributed by atoms with Gasteiger partial charge in [0.2, 0.25) is 5.69 Å². The van der Waals surface area contributed by atoms with E-state index in [1.165, 1.54) is 12.1 Å². The van der Waals surface area contributed by atoms with E-state index < -0.39 is 10.2 Å². The molecule has 146 valence electrons. The van der Waals surface area contributed by atoms with Crippen molar-refractivity contribution in [2.24, 2.45) is 10.1 Å². The van der Waals surface area contributed by atoms with E-state index in [2.05, 4.69) is 19.9 Å². The second kappa shape index (κ2) is 7.96. The Morgan fingerprint density at radius 3 is 2.89 bits per heavy atom. The van der Waals surface area contributed by atoms with Crippen molar-refractivity contribution in [3.8, 4) is 5.88 Å². The highest BCUT2D eigenvalue weighted by atomic mass is 32.2. The van der Waals surface area contributed by atoms with Crippen LogP contribution in [0.15, 0.2) is 27.8 Å². The van der Waals surface area contributed by atoms with Crippen LogP contribution in [0.25, 0.3) is 0 Å². The Labute approximate surface area is 153 Å². The Bertz CT molecular complexity index is 943. The molecule has 0 spiro atoms. The predicted octanol–water partition coefficient (Wildman–Crippen LogP) is 0.315. The predicted molar refractivity (Wildman–Crippen MR) is 90.4 cm³/mol. The molecule has 1 saturated carbocycles. The lowest BCUT2D eigenvalue weighted by Gasteiger charge is -2.06. The molecule has 0 amide bonds.